The van der Waals surface area contributed by atoms with Crippen molar-refractivity contribution in [2.45, 2.75) is 110 Å². The standard InChI is InChI=1S/C35H48F2O3/c1-3-5-20-39-31-16-14-26(15-17-31)28-11-13-29-21-27(10-12-30(29)22-28)25-8-6-24(7-9-25)23-40-33-19-18-32(38-4-2)34(36)35(33)37/h6-9,18-19,26-31H,3-5,10-17,20-23H2,1-2H3. The van der Waals surface area contributed by atoms with Gasteiger partial charge in [-0.15, -0.1) is 0 Å². The summed E-state index contributed by atoms with van der Waals surface area (Å²) in [5.41, 5.74) is 2.36. The molecule has 3 aliphatic rings. The van der Waals surface area contributed by atoms with Gasteiger partial charge in [0.15, 0.2) is 11.5 Å². The predicted octanol–water partition coefficient (Wildman–Crippen LogP) is 9.62. The first-order chi connectivity index (χ1) is 19.6. The third-order valence-electron chi connectivity index (χ3n) is 10.0. The van der Waals surface area contributed by atoms with Crippen molar-refractivity contribution >= 4 is 0 Å². The van der Waals surface area contributed by atoms with Gasteiger partial charge in [0.1, 0.15) is 6.61 Å². The number of fused-ring (bicyclic) bond motifs is 1. The molecule has 3 nitrogen and oxygen atoms in total. The Morgan fingerprint density at radius 3 is 1.95 bits per heavy atom. The fraction of sp³-hybridized carbons (Fsp3) is 0.657. The van der Waals surface area contributed by atoms with Crippen LogP contribution in [0.3, 0.4) is 0 Å². The summed E-state index contributed by atoms with van der Waals surface area (Å²) in [6, 6.07) is 11.4. The highest BCUT2D eigenvalue weighted by Gasteiger charge is 2.39. The molecule has 3 fully saturated rings. The van der Waals surface area contributed by atoms with Crippen LogP contribution in [-0.2, 0) is 11.3 Å². The first-order valence-electron chi connectivity index (χ1n) is 16.0. The van der Waals surface area contributed by atoms with Crippen molar-refractivity contribution in [3.63, 3.8) is 0 Å². The molecule has 0 spiro atoms. The molecule has 2 aromatic rings. The minimum Gasteiger partial charge on any atom is -0.491 e. The second kappa shape index (κ2) is 14.2. The zero-order valence-corrected chi connectivity index (χ0v) is 24.5. The van der Waals surface area contributed by atoms with Gasteiger partial charge in [-0.25, -0.2) is 0 Å². The second-order valence-electron chi connectivity index (χ2n) is 12.5. The van der Waals surface area contributed by atoms with Gasteiger partial charge in [-0.2, -0.15) is 8.78 Å². The van der Waals surface area contributed by atoms with E-state index in [1.54, 1.807) is 6.92 Å². The second-order valence-corrected chi connectivity index (χ2v) is 12.5. The molecule has 0 N–H and O–H groups in total. The number of benzene rings is 2. The molecular formula is C35H48F2O3. The van der Waals surface area contributed by atoms with Gasteiger partial charge in [0, 0.05) is 6.61 Å². The molecule has 5 heteroatoms. The summed E-state index contributed by atoms with van der Waals surface area (Å²) in [5, 5.41) is 0. The van der Waals surface area contributed by atoms with Crippen molar-refractivity contribution in [2.24, 2.45) is 23.7 Å². The fourth-order valence-electron chi connectivity index (χ4n) is 7.72. The highest BCUT2D eigenvalue weighted by atomic mass is 19.2. The zero-order chi connectivity index (χ0) is 27.9. The fourth-order valence-corrected chi connectivity index (χ4v) is 7.72. The molecule has 0 aliphatic heterocycles. The maximum atomic E-state index is 14.3. The molecule has 0 aromatic heterocycles. The number of halogens is 2. The molecule has 3 saturated carbocycles. The van der Waals surface area contributed by atoms with Crippen molar-refractivity contribution in [2.75, 3.05) is 13.2 Å². The number of ether oxygens (including phenoxy) is 3. The summed E-state index contributed by atoms with van der Waals surface area (Å²) < 4.78 is 45.3. The van der Waals surface area contributed by atoms with E-state index in [1.807, 2.05) is 0 Å². The molecule has 0 bridgehead atoms. The molecule has 0 amide bonds. The van der Waals surface area contributed by atoms with Crippen LogP contribution < -0.4 is 9.47 Å². The SMILES string of the molecule is CCCCOC1CCC(C2CCC3CC(c4ccc(COc5ccc(OCC)c(F)c5F)cc4)CCC3C2)CC1. The summed E-state index contributed by atoms with van der Waals surface area (Å²) in [6.45, 7) is 5.40. The minimum atomic E-state index is -1.00. The van der Waals surface area contributed by atoms with E-state index in [0.29, 0.717) is 12.0 Å². The van der Waals surface area contributed by atoms with Crippen molar-refractivity contribution in [3.05, 3.63) is 59.2 Å². The van der Waals surface area contributed by atoms with Crippen molar-refractivity contribution in [1.29, 1.82) is 0 Å². The first-order valence-corrected chi connectivity index (χ1v) is 16.0. The predicted molar refractivity (Wildman–Crippen MR) is 156 cm³/mol. The maximum Gasteiger partial charge on any atom is 0.204 e. The van der Waals surface area contributed by atoms with E-state index >= 15 is 0 Å². The Morgan fingerprint density at radius 2 is 1.27 bits per heavy atom. The van der Waals surface area contributed by atoms with Crippen LogP contribution in [0.15, 0.2) is 36.4 Å². The van der Waals surface area contributed by atoms with Gasteiger partial charge in [-0.1, -0.05) is 37.6 Å². The van der Waals surface area contributed by atoms with Crippen LogP contribution in [0.4, 0.5) is 8.78 Å². The minimum absolute atomic E-state index is 0.0877. The zero-order valence-electron chi connectivity index (χ0n) is 24.5. The Hall–Kier alpha value is -2.14. The molecule has 5 rings (SSSR count). The Labute approximate surface area is 240 Å². The smallest absolute Gasteiger partial charge is 0.204 e. The lowest BCUT2D eigenvalue weighted by molar-refractivity contribution is -0.000600. The van der Waals surface area contributed by atoms with E-state index < -0.39 is 11.6 Å². The third-order valence-corrected chi connectivity index (χ3v) is 10.0. The summed E-state index contributed by atoms with van der Waals surface area (Å²) in [7, 11) is 0. The quantitative estimate of drug-likeness (QED) is 0.259. The Bertz CT molecular complexity index is 1060. The Kier molecular flexibility index (Phi) is 10.4. The van der Waals surface area contributed by atoms with Crippen LogP contribution in [0.25, 0.3) is 0 Å². The van der Waals surface area contributed by atoms with E-state index in [9.17, 15) is 8.78 Å². The Balaban J connectivity index is 1.07. The van der Waals surface area contributed by atoms with E-state index in [-0.39, 0.29) is 24.7 Å². The van der Waals surface area contributed by atoms with Crippen molar-refractivity contribution < 1.29 is 23.0 Å². The van der Waals surface area contributed by atoms with Gasteiger partial charge in [0.05, 0.1) is 12.7 Å². The van der Waals surface area contributed by atoms with Crippen LogP contribution in [-0.4, -0.2) is 19.3 Å². The van der Waals surface area contributed by atoms with E-state index in [2.05, 4.69) is 31.2 Å². The lowest BCUT2D eigenvalue weighted by atomic mass is 9.60. The van der Waals surface area contributed by atoms with Crippen molar-refractivity contribution in [3.8, 4) is 11.5 Å². The molecule has 220 valence electrons. The monoisotopic (exact) mass is 554 g/mol. The molecule has 40 heavy (non-hydrogen) atoms. The summed E-state index contributed by atoms with van der Waals surface area (Å²) >= 11 is 0. The van der Waals surface area contributed by atoms with Gasteiger partial charge in [0.25, 0.3) is 0 Å². The topological polar surface area (TPSA) is 27.7 Å². The number of rotatable bonds is 11. The molecule has 3 aliphatic carbocycles. The normalized spacial score (nSPS) is 28.6. The largest absolute Gasteiger partial charge is 0.491 e. The Morgan fingerprint density at radius 1 is 0.675 bits per heavy atom. The molecular weight excluding hydrogens is 506 g/mol. The van der Waals surface area contributed by atoms with Crippen LogP contribution in [0.1, 0.15) is 108 Å². The molecule has 4 atom stereocenters. The summed E-state index contributed by atoms with van der Waals surface area (Å²) in [4.78, 5) is 0. The first kappa shape index (κ1) is 29.4. The molecule has 0 heterocycles. The highest BCUT2D eigenvalue weighted by Crippen LogP contribution is 2.50. The van der Waals surface area contributed by atoms with Crippen LogP contribution in [0.2, 0.25) is 0 Å². The molecule has 0 saturated heterocycles. The number of hydrogen-bond acceptors (Lipinski definition) is 3. The van der Waals surface area contributed by atoms with Crippen LogP contribution >= 0.6 is 0 Å². The lowest BCUT2D eigenvalue weighted by Crippen LogP contribution is -2.35. The van der Waals surface area contributed by atoms with Gasteiger partial charge >= 0.3 is 0 Å². The maximum absolute atomic E-state index is 14.3. The average molecular weight is 555 g/mol. The van der Waals surface area contributed by atoms with Gasteiger partial charge in [-0.05, 0) is 130 Å². The van der Waals surface area contributed by atoms with Gasteiger partial charge in [-0.3, -0.25) is 0 Å². The number of hydrogen-bond donors (Lipinski definition) is 0. The van der Waals surface area contributed by atoms with Crippen LogP contribution in [0, 0.1) is 35.3 Å². The summed E-state index contributed by atoms with van der Waals surface area (Å²) in [6.07, 6.45) is 16.4. The van der Waals surface area contributed by atoms with E-state index in [0.717, 1.165) is 35.8 Å². The summed E-state index contributed by atoms with van der Waals surface area (Å²) in [5.74, 6) is 2.07. The molecule has 2 aromatic carbocycles. The molecule has 4 unspecified atom stereocenters. The van der Waals surface area contributed by atoms with E-state index in [4.69, 9.17) is 14.2 Å². The molecule has 0 radical (unpaired) electrons. The van der Waals surface area contributed by atoms with Gasteiger partial charge < -0.3 is 14.2 Å². The average Bonchev–Trinajstić information content (AvgIpc) is 2.99. The van der Waals surface area contributed by atoms with Gasteiger partial charge in [0.2, 0.25) is 11.6 Å². The third kappa shape index (κ3) is 7.19. The highest BCUT2D eigenvalue weighted by molar-refractivity contribution is 5.35. The van der Waals surface area contributed by atoms with Crippen LogP contribution in [0.5, 0.6) is 11.5 Å². The van der Waals surface area contributed by atoms with E-state index in [1.165, 1.54) is 94.7 Å². The number of unbranched alkanes of at least 4 members (excludes halogenated alkanes) is 1. The lowest BCUT2D eigenvalue weighted by Gasteiger charge is -2.45. The van der Waals surface area contributed by atoms with Crippen molar-refractivity contribution in [1.82, 2.24) is 0 Å².